The van der Waals surface area contributed by atoms with Gasteiger partial charge in [-0.1, -0.05) is 30.3 Å². The average Bonchev–Trinajstić information content (AvgIpc) is 3.47. The molecule has 0 aliphatic rings. The molecule has 0 unspecified atom stereocenters. The molecule has 48 heavy (non-hydrogen) atoms. The number of alkyl halides is 3. The van der Waals surface area contributed by atoms with Crippen molar-refractivity contribution in [3.8, 4) is 5.69 Å². The molecular weight excluding hydrogens is 631 g/mol. The molecule has 2 aromatic heterocycles. The molecule has 0 fully saturated rings. The van der Waals surface area contributed by atoms with Crippen LogP contribution < -0.4 is 15.5 Å². The largest absolute Gasteiger partial charge is 0.457 e. The molecule has 15 heteroatoms. The zero-order valence-electron chi connectivity index (χ0n) is 26.2. The number of carbonyl (C=O) groups excluding carboxylic acids is 3. The maximum Gasteiger partial charge on any atom is 0.416 e. The Hall–Kier alpha value is -5.99. The second kappa shape index (κ2) is 13.4. The van der Waals surface area contributed by atoms with Crippen molar-refractivity contribution >= 4 is 46.5 Å². The minimum absolute atomic E-state index is 0.138. The van der Waals surface area contributed by atoms with Crippen molar-refractivity contribution in [2.24, 2.45) is 0 Å². The molecule has 0 radical (unpaired) electrons. The summed E-state index contributed by atoms with van der Waals surface area (Å²) in [5, 5.41) is 4.90. The minimum atomic E-state index is -4.78. The van der Waals surface area contributed by atoms with Crippen molar-refractivity contribution in [2.75, 3.05) is 22.6 Å². The summed E-state index contributed by atoms with van der Waals surface area (Å²) >= 11 is 0. The number of rotatable bonds is 7. The number of halogens is 3. The first kappa shape index (κ1) is 33.4. The van der Waals surface area contributed by atoms with Crippen LogP contribution in [-0.4, -0.2) is 50.3 Å². The predicted molar refractivity (Wildman–Crippen MR) is 171 cm³/mol. The van der Waals surface area contributed by atoms with E-state index in [1.165, 1.54) is 24.6 Å². The second-order valence-corrected chi connectivity index (χ2v) is 11.5. The fourth-order valence-corrected chi connectivity index (χ4v) is 4.46. The summed E-state index contributed by atoms with van der Waals surface area (Å²) in [4.78, 5) is 52.1. The maximum atomic E-state index is 13.6. The van der Waals surface area contributed by atoms with Crippen LogP contribution in [0.25, 0.3) is 16.9 Å². The average molecular weight is 662 g/mol. The molecule has 5 aromatic rings. The molecule has 5 rings (SSSR count). The van der Waals surface area contributed by atoms with Crippen molar-refractivity contribution in [2.45, 2.75) is 39.2 Å². The van der Waals surface area contributed by atoms with Gasteiger partial charge in [-0.2, -0.15) is 13.2 Å². The number of amides is 3. The van der Waals surface area contributed by atoms with Crippen molar-refractivity contribution < 1.29 is 37.0 Å². The number of esters is 1. The molecule has 3 aromatic carbocycles. The molecule has 248 valence electrons. The standard InChI is InChI=1S/C33H30F3N7O5/c1-32(2,3)48-31(46)42(4)27-26-28(38-18-37-27)43(19-39-26)25-12-10-23(11-13-25)40-30(45)41-24-15-21(14-22(16-24)33(34,35)36)29(44)47-17-20-8-6-5-7-9-20/h5-16,18-19H,17H2,1-4H3,(H2,40,41,45). The third-order valence-corrected chi connectivity index (χ3v) is 6.67. The normalized spacial score (nSPS) is 11.6. The van der Waals surface area contributed by atoms with Crippen molar-refractivity contribution in [3.63, 3.8) is 0 Å². The predicted octanol–water partition coefficient (Wildman–Crippen LogP) is 7.21. The fourth-order valence-electron chi connectivity index (χ4n) is 4.46. The monoisotopic (exact) mass is 661 g/mol. The number of urea groups is 1. The topological polar surface area (TPSA) is 141 Å². The van der Waals surface area contributed by atoms with Gasteiger partial charge in [0, 0.05) is 24.1 Å². The molecule has 0 aliphatic carbocycles. The smallest absolute Gasteiger partial charge is 0.416 e. The van der Waals surface area contributed by atoms with E-state index in [1.54, 1.807) is 79.9 Å². The lowest BCUT2D eigenvalue weighted by Crippen LogP contribution is -2.34. The van der Waals surface area contributed by atoms with E-state index in [9.17, 15) is 27.6 Å². The van der Waals surface area contributed by atoms with Gasteiger partial charge in [0.2, 0.25) is 0 Å². The highest BCUT2D eigenvalue weighted by atomic mass is 19.4. The molecular formula is C33H30F3N7O5. The van der Waals surface area contributed by atoms with E-state index in [4.69, 9.17) is 9.47 Å². The quantitative estimate of drug-likeness (QED) is 0.175. The Kier molecular flexibility index (Phi) is 9.31. The summed E-state index contributed by atoms with van der Waals surface area (Å²) in [6, 6.07) is 16.7. The van der Waals surface area contributed by atoms with Crippen LogP contribution in [0.1, 0.15) is 42.3 Å². The van der Waals surface area contributed by atoms with Gasteiger partial charge in [-0.3, -0.25) is 9.47 Å². The molecule has 0 saturated heterocycles. The van der Waals surface area contributed by atoms with Crippen molar-refractivity contribution in [1.29, 1.82) is 0 Å². The van der Waals surface area contributed by atoms with Gasteiger partial charge in [-0.15, -0.1) is 0 Å². The number of nitrogens with zero attached hydrogens (tertiary/aromatic N) is 5. The van der Waals surface area contributed by atoms with Crippen LogP contribution in [0.4, 0.5) is 40.0 Å². The van der Waals surface area contributed by atoms with Crippen LogP contribution in [0.5, 0.6) is 0 Å². The summed E-state index contributed by atoms with van der Waals surface area (Å²) in [5.41, 5.74) is -0.164. The first-order chi connectivity index (χ1) is 22.7. The number of nitrogens with one attached hydrogen (secondary N) is 2. The fraction of sp³-hybridized carbons (Fsp3) is 0.212. The van der Waals surface area contributed by atoms with Gasteiger partial charge >= 0.3 is 24.3 Å². The van der Waals surface area contributed by atoms with E-state index in [1.807, 2.05) is 0 Å². The molecule has 0 spiro atoms. The highest BCUT2D eigenvalue weighted by molar-refractivity contribution is 6.01. The molecule has 12 nitrogen and oxygen atoms in total. The number of ether oxygens (including phenoxy) is 2. The zero-order chi connectivity index (χ0) is 34.6. The van der Waals surface area contributed by atoms with Gasteiger partial charge in [0.15, 0.2) is 17.0 Å². The van der Waals surface area contributed by atoms with E-state index in [2.05, 4.69) is 25.6 Å². The van der Waals surface area contributed by atoms with Crippen LogP contribution >= 0.6 is 0 Å². The van der Waals surface area contributed by atoms with E-state index < -0.39 is 35.4 Å². The SMILES string of the molecule is CN(C(=O)OC(C)(C)C)c1ncnc2c1ncn2-c1ccc(NC(=O)Nc2cc(C(=O)OCc3ccccc3)cc(C(F)(F)F)c2)cc1. The maximum absolute atomic E-state index is 13.6. The van der Waals surface area contributed by atoms with E-state index in [0.29, 0.717) is 34.2 Å². The zero-order valence-corrected chi connectivity index (χ0v) is 26.2. The van der Waals surface area contributed by atoms with E-state index in [-0.39, 0.29) is 23.7 Å². The lowest BCUT2D eigenvalue weighted by Gasteiger charge is -2.24. The van der Waals surface area contributed by atoms with Crippen LogP contribution in [0, 0.1) is 0 Å². The van der Waals surface area contributed by atoms with Gasteiger partial charge in [0.25, 0.3) is 0 Å². The highest BCUT2D eigenvalue weighted by Gasteiger charge is 2.32. The number of hydrogen-bond donors (Lipinski definition) is 2. The van der Waals surface area contributed by atoms with Crippen LogP contribution in [-0.2, 0) is 22.3 Å². The highest BCUT2D eigenvalue weighted by Crippen LogP contribution is 2.32. The first-order valence-electron chi connectivity index (χ1n) is 14.4. The lowest BCUT2D eigenvalue weighted by molar-refractivity contribution is -0.137. The summed E-state index contributed by atoms with van der Waals surface area (Å²) < 4.78 is 53.2. The first-order valence-corrected chi connectivity index (χ1v) is 14.4. The number of imidazole rings is 1. The second-order valence-electron chi connectivity index (χ2n) is 11.5. The number of aromatic nitrogens is 4. The molecule has 0 saturated carbocycles. The summed E-state index contributed by atoms with van der Waals surface area (Å²) in [6.07, 6.45) is -2.61. The summed E-state index contributed by atoms with van der Waals surface area (Å²) in [6.45, 7) is 5.11. The van der Waals surface area contributed by atoms with Gasteiger partial charge in [0.05, 0.1) is 11.1 Å². The third kappa shape index (κ3) is 8.04. The Bertz CT molecular complexity index is 1960. The minimum Gasteiger partial charge on any atom is -0.457 e. The van der Waals surface area contributed by atoms with E-state index in [0.717, 1.165) is 12.1 Å². The van der Waals surface area contributed by atoms with Crippen LogP contribution in [0.2, 0.25) is 0 Å². The number of hydrogen-bond acceptors (Lipinski definition) is 8. The number of anilines is 3. The molecule has 0 bridgehead atoms. The molecule has 0 aliphatic heterocycles. The third-order valence-electron chi connectivity index (χ3n) is 6.67. The number of benzene rings is 3. The van der Waals surface area contributed by atoms with Gasteiger partial charge in [-0.05, 0) is 68.8 Å². The Morgan fingerprint density at radius 2 is 1.56 bits per heavy atom. The summed E-state index contributed by atoms with van der Waals surface area (Å²) in [7, 11) is 1.51. The Morgan fingerprint density at radius 3 is 2.23 bits per heavy atom. The number of carbonyl (C=O) groups is 3. The number of fused-ring (bicyclic) bond motifs is 1. The van der Waals surface area contributed by atoms with Gasteiger partial charge < -0.3 is 20.1 Å². The van der Waals surface area contributed by atoms with Crippen LogP contribution in [0.3, 0.4) is 0 Å². The van der Waals surface area contributed by atoms with Gasteiger partial charge in [0.1, 0.15) is 24.9 Å². The summed E-state index contributed by atoms with van der Waals surface area (Å²) in [5.74, 6) is -0.741. The van der Waals surface area contributed by atoms with Crippen LogP contribution in [0.15, 0.2) is 85.5 Å². The molecule has 2 heterocycles. The Balaban J connectivity index is 1.29. The van der Waals surface area contributed by atoms with Gasteiger partial charge in [-0.25, -0.2) is 29.3 Å². The Morgan fingerprint density at radius 1 is 0.875 bits per heavy atom. The molecule has 0 atom stereocenters. The Labute approximate surface area is 272 Å². The molecule has 2 N–H and O–H groups in total. The molecule has 3 amide bonds. The van der Waals surface area contributed by atoms with Crippen molar-refractivity contribution in [1.82, 2.24) is 19.5 Å². The van der Waals surface area contributed by atoms with Crippen molar-refractivity contribution in [3.05, 3.63) is 102 Å². The lowest BCUT2D eigenvalue weighted by atomic mass is 10.1. The van der Waals surface area contributed by atoms with E-state index >= 15 is 0 Å².